The number of rotatable bonds is 3. The van der Waals surface area contributed by atoms with Crippen LogP contribution in [0.25, 0.3) is 0 Å². The van der Waals surface area contributed by atoms with Crippen molar-refractivity contribution in [3.8, 4) is 5.75 Å². The van der Waals surface area contributed by atoms with E-state index in [9.17, 15) is 8.42 Å². The third-order valence-corrected chi connectivity index (χ3v) is 5.06. The monoisotopic (exact) mass is 468 g/mol. The maximum absolute atomic E-state index is 12.1. The summed E-state index contributed by atoms with van der Waals surface area (Å²) in [5.74, 6) is 0.215. The molecule has 2 aromatic carbocycles. The number of hydrogen-bond acceptors (Lipinski definition) is 3. The highest BCUT2D eigenvalue weighted by Crippen LogP contribution is 2.37. The topological polar surface area (TPSA) is 43.4 Å². The first-order chi connectivity index (χ1) is 8.90. The van der Waals surface area contributed by atoms with Crippen molar-refractivity contribution in [3.63, 3.8) is 0 Å². The Labute approximate surface area is 136 Å². The first-order valence-corrected chi connectivity index (χ1v) is 8.83. The van der Waals surface area contributed by atoms with Gasteiger partial charge in [-0.15, -0.1) is 0 Å². The Balaban J connectivity index is 2.42. The lowest BCUT2D eigenvalue weighted by Crippen LogP contribution is -2.10. The van der Waals surface area contributed by atoms with Crippen LogP contribution in [0, 0.1) is 0 Å². The van der Waals surface area contributed by atoms with Crippen LogP contribution in [0.5, 0.6) is 5.75 Å². The molecule has 0 aliphatic rings. The lowest BCUT2D eigenvalue weighted by atomic mass is 10.3. The molecule has 19 heavy (non-hydrogen) atoms. The van der Waals surface area contributed by atoms with Gasteiger partial charge >= 0.3 is 10.1 Å². The zero-order chi connectivity index (χ0) is 14.0. The highest BCUT2D eigenvalue weighted by molar-refractivity contribution is 9.11. The zero-order valence-corrected chi connectivity index (χ0v) is 14.9. The van der Waals surface area contributed by atoms with Crippen molar-refractivity contribution in [1.82, 2.24) is 0 Å². The Hall–Kier alpha value is -0.370. The van der Waals surface area contributed by atoms with E-state index in [1.165, 1.54) is 12.1 Å². The molecule has 3 nitrogen and oxygen atoms in total. The van der Waals surface area contributed by atoms with Gasteiger partial charge < -0.3 is 4.18 Å². The van der Waals surface area contributed by atoms with Gasteiger partial charge in [0, 0.05) is 4.47 Å². The van der Waals surface area contributed by atoms with E-state index in [4.69, 9.17) is 4.18 Å². The molecular weight excluding hydrogens is 464 g/mol. The third-order valence-electron chi connectivity index (χ3n) is 2.19. The van der Waals surface area contributed by atoms with Crippen molar-refractivity contribution in [2.45, 2.75) is 4.90 Å². The summed E-state index contributed by atoms with van der Waals surface area (Å²) in [4.78, 5) is 0.108. The van der Waals surface area contributed by atoms with Gasteiger partial charge in [0.25, 0.3) is 0 Å². The van der Waals surface area contributed by atoms with Crippen molar-refractivity contribution in [2.75, 3.05) is 0 Å². The summed E-state index contributed by atoms with van der Waals surface area (Å²) in [6.45, 7) is 0. The van der Waals surface area contributed by atoms with E-state index in [0.717, 1.165) is 4.47 Å². The predicted octanol–water partition coefficient (Wildman–Crippen LogP) is 4.74. The Morgan fingerprint density at radius 2 is 1.42 bits per heavy atom. The fourth-order valence-electron chi connectivity index (χ4n) is 1.35. The molecule has 0 saturated carbocycles. The average molecular weight is 471 g/mol. The van der Waals surface area contributed by atoms with Crippen LogP contribution in [0.3, 0.4) is 0 Å². The average Bonchev–Trinajstić information content (AvgIpc) is 2.35. The third kappa shape index (κ3) is 3.59. The van der Waals surface area contributed by atoms with Crippen LogP contribution in [0.2, 0.25) is 0 Å². The molecule has 0 radical (unpaired) electrons. The number of halogens is 3. The van der Waals surface area contributed by atoms with Crippen molar-refractivity contribution < 1.29 is 12.6 Å². The molecule has 2 rings (SSSR count). The Bertz CT molecular complexity index is 676. The number of benzene rings is 2. The normalized spacial score (nSPS) is 11.3. The first kappa shape index (κ1) is 15.0. The molecule has 100 valence electrons. The molecule has 0 N–H and O–H groups in total. The molecule has 7 heteroatoms. The van der Waals surface area contributed by atoms with Crippen LogP contribution < -0.4 is 4.18 Å². The zero-order valence-electron chi connectivity index (χ0n) is 9.31. The summed E-state index contributed by atoms with van der Waals surface area (Å²) < 4.78 is 31.3. The van der Waals surface area contributed by atoms with E-state index in [1.807, 2.05) is 0 Å². The van der Waals surface area contributed by atoms with Gasteiger partial charge in [-0.25, -0.2) is 0 Å². The van der Waals surface area contributed by atoms with Gasteiger partial charge in [0.2, 0.25) is 0 Å². The summed E-state index contributed by atoms with van der Waals surface area (Å²) >= 11 is 9.85. The van der Waals surface area contributed by atoms with Gasteiger partial charge in [-0.05, 0) is 56.1 Å². The minimum atomic E-state index is -3.85. The smallest absolute Gasteiger partial charge is 0.339 e. The van der Waals surface area contributed by atoms with E-state index < -0.39 is 10.1 Å². The van der Waals surface area contributed by atoms with Gasteiger partial charge in [-0.1, -0.05) is 34.1 Å². The van der Waals surface area contributed by atoms with Gasteiger partial charge in [0.05, 0.1) is 8.95 Å². The molecule has 0 aliphatic heterocycles. The van der Waals surface area contributed by atoms with Crippen LogP contribution >= 0.6 is 47.8 Å². The molecule has 0 bridgehead atoms. The summed E-state index contributed by atoms with van der Waals surface area (Å²) in [6, 6.07) is 11.4. The van der Waals surface area contributed by atoms with Crippen molar-refractivity contribution in [1.29, 1.82) is 0 Å². The minimum Gasteiger partial charge on any atom is -0.377 e. The molecule has 0 unspecified atom stereocenters. The van der Waals surface area contributed by atoms with Crippen LogP contribution in [0.1, 0.15) is 0 Å². The summed E-state index contributed by atoms with van der Waals surface area (Å²) in [7, 11) is -3.85. The largest absolute Gasteiger partial charge is 0.377 e. The first-order valence-electron chi connectivity index (χ1n) is 5.04. The Morgan fingerprint density at radius 3 is 1.95 bits per heavy atom. The quantitative estimate of drug-likeness (QED) is 0.608. The summed E-state index contributed by atoms with van der Waals surface area (Å²) in [5.41, 5.74) is 0. The fraction of sp³-hybridized carbons (Fsp3) is 0. The predicted molar refractivity (Wildman–Crippen MR) is 83.8 cm³/mol. The molecule has 0 aromatic heterocycles. The molecule has 0 aliphatic carbocycles. The molecule has 0 fully saturated rings. The van der Waals surface area contributed by atoms with E-state index >= 15 is 0 Å². The van der Waals surface area contributed by atoms with E-state index in [0.29, 0.717) is 8.95 Å². The Kier molecular flexibility index (Phi) is 4.70. The molecule has 0 spiro atoms. The van der Waals surface area contributed by atoms with Gasteiger partial charge in [-0.2, -0.15) is 8.42 Å². The molecule has 2 aromatic rings. The van der Waals surface area contributed by atoms with E-state index in [1.54, 1.807) is 30.3 Å². The second kappa shape index (κ2) is 5.95. The van der Waals surface area contributed by atoms with Crippen LogP contribution in [-0.4, -0.2) is 8.42 Å². The van der Waals surface area contributed by atoms with Gasteiger partial charge in [-0.3, -0.25) is 0 Å². The fourth-order valence-corrected chi connectivity index (χ4v) is 4.97. The molecule has 0 saturated heterocycles. The molecule has 0 amide bonds. The van der Waals surface area contributed by atoms with Crippen molar-refractivity contribution >= 4 is 57.9 Å². The maximum atomic E-state index is 12.1. The second-order valence-electron chi connectivity index (χ2n) is 3.55. The van der Waals surface area contributed by atoms with Crippen LogP contribution in [-0.2, 0) is 10.1 Å². The molecular formula is C12H7Br3O3S. The molecule has 0 atom stereocenters. The lowest BCUT2D eigenvalue weighted by Gasteiger charge is -2.10. The van der Waals surface area contributed by atoms with Crippen molar-refractivity contribution in [2.24, 2.45) is 0 Å². The van der Waals surface area contributed by atoms with E-state index in [2.05, 4.69) is 47.8 Å². The maximum Gasteiger partial charge on any atom is 0.339 e. The highest BCUT2D eigenvalue weighted by atomic mass is 79.9. The molecule has 0 heterocycles. The lowest BCUT2D eigenvalue weighted by molar-refractivity contribution is 0.483. The van der Waals surface area contributed by atoms with Gasteiger partial charge in [0.1, 0.15) is 4.90 Å². The van der Waals surface area contributed by atoms with E-state index in [-0.39, 0.29) is 10.6 Å². The van der Waals surface area contributed by atoms with Gasteiger partial charge in [0.15, 0.2) is 5.75 Å². The van der Waals surface area contributed by atoms with Crippen LogP contribution in [0.4, 0.5) is 0 Å². The number of hydrogen-bond donors (Lipinski definition) is 0. The highest BCUT2D eigenvalue weighted by Gasteiger charge is 2.20. The summed E-state index contributed by atoms with van der Waals surface area (Å²) in [5, 5.41) is 0. The minimum absolute atomic E-state index is 0.108. The Morgan fingerprint density at radius 1 is 0.895 bits per heavy atom. The van der Waals surface area contributed by atoms with Crippen LogP contribution in [0.15, 0.2) is 60.8 Å². The standard InChI is InChI=1S/C12H7Br3O3S/c13-8-6-10(14)12(11(15)7-8)18-19(16,17)9-4-2-1-3-5-9/h1-7H. The second-order valence-corrected chi connectivity index (χ2v) is 7.72. The SMILES string of the molecule is O=S(=O)(Oc1c(Br)cc(Br)cc1Br)c1ccccc1. The van der Waals surface area contributed by atoms with Crippen molar-refractivity contribution in [3.05, 3.63) is 55.9 Å². The summed E-state index contributed by atoms with van der Waals surface area (Å²) in [6.07, 6.45) is 0.